The number of fused-ring (bicyclic) bond motifs is 1. The average molecular weight is 248 g/mol. The van der Waals surface area contributed by atoms with Crippen LogP contribution in [0.25, 0.3) is 0 Å². The molecule has 0 amide bonds. The SMILES string of the molecule is Nc1nc2n(n1)CCCC2c1ccc(O)c(F)c1. The smallest absolute Gasteiger partial charge is 0.239 e. The third-order valence-electron chi connectivity index (χ3n) is 3.27. The van der Waals surface area contributed by atoms with E-state index in [2.05, 4.69) is 10.1 Å². The molecule has 0 saturated carbocycles. The first-order valence-electron chi connectivity index (χ1n) is 5.84. The molecule has 2 heterocycles. The van der Waals surface area contributed by atoms with Crippen molar-refractivity contribution in [2.45, 2.75) is 25.3 Å². The highest BCUT2D eigenvalue weighted by Crippen LogP contribution is 2.33. The molecule has 0 bridgehead atoms. The number of phenolic OH excluding ortho intramolecular Hbond substituents is 1. The van der Waals surface area contributed by atoms with Crippen LogP contribution in [0.3, 0.4) is 0 Å². The zero-order valence-electron chi connectivity index (χ0n) is 9.67. The van der Waals surface area contributed by atoms with E-state index >= 15 is 0 Å². The number of phenols is 1. The third kappa shape index (κ3) is 1.70. The van der Waals surface area contributed by atoms with Crippen LogP contribution in [-0.4, -0.2) is 19.9 Å². The maximum atomic E-state index is 13.4. The Morgan fingerprint density at radius 3 is 3.06 bits per heavy atom. The van der Waals surface area contributed by atoms with Crippen LogP contribution in [0.4, 0.5) is 10.3 Å². The fourth-order valence-electron chi connectivity index (χ4n) is 2.42. The first-order valence-corrected chi connectivity index (χ1v) is 5.84. The van der Waals surface area contributed by atoms with Gasteiger partial charge in [-0.3, -0.25) is 0 Å². The minimum absolute atomic E-state index is 0.0151. The van der Waals surface area contributed by atoms with E-state index in [0.29, 0.717) is 0 Å². The van der Waals surface area contributed by atoms with Crippen LogP contribution in [0.5, 0.6) is 5.75 Å². The summed E-state index contributed by atoms with van der Waals surface area (Å²) in [6, 6.07) is 4.42. The van der Waals surface area contributed by atoms with Crippen molar-refractivity contribution in [3.05, 3.63) is 35.4 Å². The van der Waals surface area contributed by atoms with Gasteiger partial charge >= 0.3 is 0 Å². The van der Waals surface area contributed by atoms with Gasteiger partial charge in [-0.25, -0.2) is 9.07 Å². The summed E-state index contributed by atoms with van der Waals surface area (Å²) >= 11 is 0. The molecule has 0 spiro atoms. The Morgan fingerprint density at radius 2 is 2.28 bits per heavy atom. The Hall–Kier alpha value is -2.11. The lowest BCUT2D eigenvalue weighted by Gasteiger charge is -2.22. The number of aromatic nitrogens is 3. The lowest BCUT2D eigenvalue weighted by molar-refractivity contribution is 0.426. The van der Waals surface area contributed by atoms with Gasteiger partial charge in [0.25, 0.3) is 0 Å². The van der Waals surface area contributed by atoms with Crippen molar-refractivity contribution in [3.8, 4) is 5.75 Å². The minimum Gasteiger partial charge on any atom is -0.505 e. The lowest BCUT2D eigenvalue weighted by atomic mass is 9.91. The maximum absolute atomic E-state index is 13.4. The number of benzene rings is 1. The van der Waals surface area contributed by atoms with Crippen LogP contribution in [0.2, 0.25) is 0 Å². The van der Waals surface area contributed by atoms with Gasteiger partial charge in [0, 0.05) is 12.5 Å². The Labute approximate surface area is 103 Å². The van der Waals surface area contributed by atoms with Gasteiger partial charge in [-0.15, -0.1) is 5.10 Å². The molecule has 1 atom stereocenters. The van der Waals surface area contributed by atoms with Crippen molar-refractivity contribution in [2.24, 2.45) is 0 Å². The van der Waals surface area contributed by atoms with Gasteiger partial charge in [-0.05, 0) is 30.5 Å². The molecule has 3 rings (SSSR count). The highest BCUT2D eigenvalue weighted by Gasteiger charge is 2.25. The average Bonchev–Trinajstić information content (AvgIpc) is 2.72. The van der Waals surface area contributed by atoms with Crippen molar-refractivity contribution in [1.82, 2.24) is 14.8 Å². The van der Waals surface area contributed by atoms with Crippen LogP contribution in [0.1, 0.15) is 30.1 Å². The Bertz CT molecular complexity index is 596. The van der Waals surface area contributed by atoms with Crippen molar-refractivity contribution >= 4 is 5.95 Å². The Morgan fingerprint density at radius 1 is 1.44 bits per heavy atom. The Balaban J connectivity index is 2.05. The van der Waals surface area contributed by atoms with E-state index in [1.807, 2.05) is 0 Å². The van der Waals surface area contributed by atoms with Gasteiger partial charge < -0.3 is 10.8 Å². The summed E-state index contributed by atoms with van der Waals surface area (Å²) in [6.07, 6.45) is 1.82. The molecular formula is C12H13FN4O. The molecule has 2 aromatic rings. The number of nitrogen functional groups attached to an aromatic ring is 1. The zero-order valence-corrected chi connectivity index (χ0v) is 9.67. The largest absolute Gasteiger partial charge is 0.505 e. The van der Waals surface area contributed by atoms with Crippen molar-refractivity contribution in [3.63, 3.8) is 0 Å². The molecule has 6 heteroatoms. The summed E-state index contributed by atoms with van der Waals surface area (Å²) < 4.78 is 15.2. The quantitative estimate of drug-likeness (QED) is 0.804. The van der Waals surface area contributed by atoms with Crippen LogP contribution in [0, 0.1) is 5.82 Å². The molecule has 0 radical (unpaired) electrons. The van der Waals surface area contributed by atoms with Gasteiger partial charge in [-0.1, -0.05) is 6.07 Å². The van der Waals surface area contributed by atoms with Crippen molar-refractivity contribution in [1.29, 1.82) is 0 Å². The van der Waals surface area contributed by atoms with Crippen LogP contribution >= 0.6 is 0 Å². The van der Waals surface area contributed by atoms with E-state index in [1.165, 1.54) is 12.1 Å². The van der Waals surface area contributed by atoms with Gasteiger partial charge in [0.2, 0.25) is 5.95 Å². The van der Waals surface area contributed by atoms with E-state index in [4.69, 9.17) is 5.73 Å². The molecule has 1 unspecified atom stereocenters. The highest BCUT2D eigenvalue weighted by atomic mass is 19.1. The predicted octanol–water partition coefficient (Wildman–Crippen LogP) is 1.63. The summed E-state index contributed by atoms with van der Waals surface area (Å²) in [5, 5.41) is 13.3. The number of hydrogen-bond donors (Lipinski definition) is 2. The molecule has 1 aromatic carbocycles. The molecule has 0 aliphatic carbocycles. The van der Waals surface area contributed by atoms with Gasteiger partial charge in [0.05, 0.1) is 0 Å². The fraction of sp³-hybridized carbons (Fsp3) is 0.333. The number of aryl methyl sites for hydroxylation is 1. The standard InChI is InChI=1S/C12H13FN4O/c13-9-6-7(3-4-10(9)18)8-2-1-5-17-11(8)15-12(14)16-17/h3-4,6,8,18H,1-2,5H2,(H2,14,16). The number of hydrogen-bond acceptors (Lipinski definition) is 4. The second-order valence-corrected chi connectivity index (χ2v) is 4.46. The first-order chi connectivity index (χ1) is 8.65. The van der Waals surface area contributed by atoms with Crippen molar-refractivity contribution in [2.75, 3.05) is 5.73 Å². The maximum Gasteiger partial charge on any atom is 0.239 e. The number of anilines is 1. The second-order valence-electron chi connectivity index (χ2n) is 4.46. The highest BCUT2D eigenvalue weighted by molar-refractivity contribution is 5.34. The van der Waals surface area contributed by atoms with Crippen LogP contribution < -0.4 is 5.73 Å². The van der Waals surface area contributed by atoms with E-state index in [0.717, 1.165) is 30.8 Å². The topological polar surface area (TPSA) is 77.0 Å². The molecule has 5 nitrogen and oxygen atoms in total. The number of rotatable bonds is 1. The van der Waals surface area contributed by atoms with E-state index in [-0.39, 0.29) is 17.6 Å². The number of aromatic hydroxyl groups is 1. The van der Waals surface area contributed by atoms with E-state index < -0.39 is 5.82 Å². The molecule has 3 N–H and O–H groups in total. The normalized spacial score (nSPS) is 18.6. The van der Waals surface area contributed by atoms with Crippen LogP contribution in [0.15, 0.2) is 18.2 Å². The van der Waals surface area contributed by atoms with Gasteiger partial charge in [-0.2, -0.15) is 4.98 Å². The van der Waals surface area contributed by atoms with Gasteiger partial charge in [0.15, 0.2) is 11.6 Å². The van der Waals surface area contributed by atoms with Gasteiger partial charge in [0.1, 0.15) is 5.82 Å². The molecule has 1 aliphatic rings. The number of nitrogens with zero attached hydrogens (tertiary/aromatic N) is 3. The lowest BCUT2D eigenvalue weighted by Crippen LogP contribution is -2.18. The van der Waals surface area contributed by atoms with E-state index in [9.17, 15) is 9.50 Å². The molecule has 0 saturated heterocycles. The monoisotopic (exact) mass is 248 g/mol. The predicted molar refractivity (Wildman–Crippen MR) is 63.6 cm³/mol. The molecule has 0 fully saturated rings. The first kappa shape index (κ1) is 11.0. The summed E-state index contributed by atoms with van der Waals surface area (Å²) in [7, 11) is 0. The minimum atomic E-state index is -0.614. The zero-order chi connectivity index (χ0) is 12.7. The molecule has 18 heavy (non-hydrogen) atoms. The number of halogens is 1. The summed E-state index contributed by atoms with van der Waals surface area (Å²) in [4.78, 5) is 4.21. The summed E-state index contributed by atoms with van der Waals surface area (Å²) in [5.41, 5.74) is 6.39. The second kappa shape index (κ2) is 3.97. The number of nitrogens with two attached hydrogens (primary N) is 1. The molecule has 94 valence electrons. The summed E-state index contributed by atoms with van der Waals surface area (Å²) in [5.74, 6) is 0.0475. The molecule has 1 aliphatic heterocycles. The third-order valence-corrected chi connectivity index (χ3v) is 3.27. The molecular weight excluding hydrogens is 235 g/mol. The summed E-state index contributed by atoms with van der Waals surface area (Å²) in [6.45, 7) is 0.788. The van der Waals surface area contributed by atoms with Crippen molar-refractivity contribution < 1.29 is 9.50 Å². The Kier molecular flexibility index (Phi) is 2.43. The fourth-order valence-corrected chi connectivity index (χ4v) is 2.42. The van der Waals surface area contributed by atoms with E-state index in [1.54, 1.807) is 10.7 Å². The van der Waals surface area contributed by atoms with Crippen LogP contribution in [-0.2, 0) is 6.54 Å². The molecule has 1 aromatic heterocycles.